The third kappa shape index (κ3) is 2.63. The molecule has 1 heterocycles. The van der Waals surface area contributed by atoms with Gasteiger partial charge in [0, 0.05) is 5.69 Å². The summed E-state index contributed by atoms with van der Waals surface area (Å²) < 4.78 is 5.06. The Kier molecular flexibility index (Phi) is 3.63. The minimum Gasteiger partial charge on any atom is -0.497 e. The Labute approximate surface area is 109 Å². The van der Waals surface area contributed by atoms with Crippen molar-refractivity contribution in [2.45, 2.75) is 0 Å². The first-order valence-electron chi connectivity index (χ1n) is 5.54. The molecule has 0 saturated carbocycles. The van der Waals surface area contributed by atoms with Crippen molar-refractivity contribution in [3.05, 3.63) is 52.3 Å². The van der Waals surface area contributed by atoms with Gasteiger partial charge in [-0.2, -0.15) is 0 Å². The number of rotatable bonds is 3. The van der Waals surface area contributed by atoms with E-state index in [-0.39, 0.29) is 5.56 Å². The Morgan fingerprint density at radius 1 is 1.21 bits per heavy atom. The number of H-pyrrole nitrogens is 1. The molecule has 2 rings (SSSR count). The van der Waals surface area contributed by atoms with E-state index in [0.717, 1.165) is 11.3 Å². The minimum atomic E-state index is -0.623. The van der Waals surface area contributed by atoms with Crippen molar-refractivity contribution in [2.24, 2.45) is 5.84 Å². The van der Waals surface area contributed by atoms with Crippen molar-refractivity contribution >= 4 is 5.91 Å². The maximum atomic E-state index is 11.7. The van der Waals surface area contributed by atoms with Gasteiger partial charge in [-0.15, -0.1) is 0 Å². The number of carbonyl (C=O) groups excluding carboxylic acids is 1. The van der Waals surface area contributed by atoms with Gasteiger partial charge in [0.1, 0.15) is 11.3 Å². The Morgan fingerprint density at radius 3 is 2.42 bits per heavy atom. The highest BCUT2D eigenvalue weighted by molar-refractivity contribution is 5.93. The van der Waals surface area contributed by atoms with Gasteiger partial charge in [0.05, 0.1) is 7.11 Å². The predicted molar refractivity (Wildman–Crippen MR) is 70.7 cm³/mol. The zero-order valence-corrected chi connectivity index (χ0v) is 10.3. The number of hydrogen-bond donors (Lipinski definition) is 3. The standard InChI is InChI=1S/C13H13N3O3/c1-19-9-4-2-8(3-5-9)11-7-6-10(12(17)15-11)13(18)16-14/h2-7H,14H2,1H3,(H,15,17)(H,16,18). The minimum absolute atomic E-state index is 0.0280. The van der Waals surface area contributed by atoms with Gasteiger partial charge < -0.3 is 9.72 Å². The third-order valence-electron chi connectivity index (χ3n) is 2.69. The number of amides is 1. The number of methoxy groups -OCH3 is 1. The van der Waals surface area contributed by atoms with Crippen molar-refractivity contribution in [3.63, 3.8) is 0 Å². The molecular weight excluding hydrogens is 246 g/mol. The zero-order chi connectivity index (χ0) is 13.8. The molecular formula is C13H13N3O3. The van der Waals surface area contributed by atoms with Crippen LogP contribution in [0.4, 0.5) is 0 Å². The Bertz CT molecular complexity index is 647. The first kappa shape index (κ1) is 12.8. The van der Waals surface area contributed by atoms with E-state index in [1.54, 1.807) is 25.3 Å². The van der Waals surface area contributed by atoms with Gasteiger partial charge in [0.2, 0.25) is 0 Å². The van der Waals surface area contributed by atoms with Crippen LogP contribution in [-0.2, 0) is 0 Å². The summed E-state index contributed by atoms with van der Waals surface area (Å²) in [4.78, 5) is 25.7. The first-order chi connectivity index (χ1) is 9.15. The highest BCUT2D eigenvalue weighted by Crippen LogP contribution is 2.19. The molecule has 0 aliphatic heterocycles. The third-order valence-corrected chi connectivity index (χ3v) is 2.69. The number of aromatic amines is 1. The molecule has 2 aromatic rings. The molecule has 6 nitrogen and oxygen atoms in total. The SMILES string of the molecule is COc1ccc(-c2ccc(C(=O)NN)c(=O)[nH]2)cc1. The molecule has 0 fully saturated rings. The maximum absolute atomic E-state index is 11.7. The fraction of sp³-hybridized carbons (Fsp3) is 0.0769. The van der Waals surface area contributed by atoms with E-state index in [4.69, 9.17) is 10.6 Å². The number of nitrogens with two attached hydrogens (primary N) is 1. The molecule has 19 heavy (non-hydrogen) atoms. The number of pyridine rings is 1. The number of hydrogen-bond acceptors (Lipinski definition) is 4. The number of nitrogen functional groups attached to an aromatic ring is 1. The van der Waals surface area contributed by atoms with Gasteiger partial charge in [-0.3, -0.25) is 15.0 Å². The van der Waals surface area contributed by atoms with E-state index in [1.165, 1.54) is 6.07 Å². The molecule has 0 spiro atoms. The van der Waals surface area contributed by atoms with Gasteiger partial charge >= 0.3 is 0 Å². The lowest BCUT2D eigenvalue weighted by Crippen LogP contribution is -2.34. The van der Waals surface area contributed by atoms with Crippen LogP contribution in [-0.4, -0.2) is 18.0 Å². The highest BCUT2D eigenvalue weighted by atomic mass is 16.5. The van der Waals surface area contributed by atoms with E-state index in [1.807, 2.05) is 17.6 Å². The summed E-state index contributed by atoms with van der Waals surface area (Å²) in [5, 5.41) is 0. The predicted octanol–water partition coefficient (Wildman–Crippen LogP) is 0.654. The summed E-state index contributed by atoms with van der Waals surface area (Å²) in [5.74, 6) is 5.09. The summed E-state index contributed by atoms with van der Waals surface area (Å²) >= 11 is 0. The molecule has 1 amide bonds. The Hall–Kier alpha value is -2.60. The summed E-state index contributed by atoms with van der Waals surface area (Å²) in [6.07, 6.45) is 0. The normalized spacial score (nSPS) is 10.0. The number of ether oxygens (including phenoxy) is 1. The van der Waals surface area contributed by atoms with Crippen LogP contribution in [0.1, 0.15) is 10.4 Å². The smallest absolute Gasteiger partial charge is 0.270 e. The molecule has 0 radical (unpaired) electrons. The molecule has 1 aromatic carbocycles. The molecule has 0 aliphatic rings. The number of hydrazine groups is 1. The summed E-state index contributed by atoms with van der Waals surface area (Å²) in [6.45, 7) is 0. The van der Waals surface area contributed by atoms with Crippen LogP contribution in [0.25, 0.3) is 11.3 Å². The van der Waals surface area contributed by atoms with Gasteiger partial charge in [0.25, 0.3) is 11.5 Å². The number of carbonyl (C=O) groups is 1. The monoisotopic (exact) mass is 259 g/mol. The molecule has 0 aliphatic carbocycles. The van der Waals surface area contributed by atoms with Crippen LogP contribution in [0.15, 0.2) is 41.2 Å². The molecule has 0 atom stereocenters. The van der Waals surface area contributed by atoms with E-state index in [9.17, 15) is 9.59 Å². The zero-order valence-electron chi connectivity index (χ0n) is 10.3. The van der Waals surface area contributed by atoms with Crippen molar-refractivity contribution in [1.29, 1.82) is 0 Å². The van der Waals surface area contributed by atoms with Crippen molar-refractivity contribution in [3.8, 4) is 17.0 Å². The van der Waals surface area contributed by atoms with Gasteiger partial charge in [-0.1, -0.05) is 0 Å². The molecule has 4 N–H and O–H groups in total. The Balaban J connectivity index is 2.38. The average Bonchev–Trinajstić information content (AvgIpc) is 2.46. The summed E-state index contributed by atoms with van der Waals surface area (Å²) in [5.41, 5.74) is 2.83. The fourth-order valence-electron chi connectivity index (χ4n) is 1.67. The van der Waals surface area contributed by atoms with Crippen LogP contribution < -0.4 is 21.6 Å². The average molecular weight is 259 g/mol. The highest BCUT2D eigenvalue weighted by Gasteiger charge is 2.09. The summed E-state index contributed by atoms with van der Waals surface area (Å²) in [7, 11) is 1.58. The topological polar surface area (TPSA) is 97.2 Å². The van der Waals surface area contributed by atoms with Gasteiger partial charge in [-0.25, -0.2) is 5.84 Å². The van der Waals surface area contributed by atoms with Crippen molar-refractivity contribution < 1.29 is 9.53 Å². The number of nitrogens with one attached hydrogen (secondary N) is 2. The lowest BCUT2D eigenvalue weighted by atomic mass is 10.1. The van der Waals surface area contributed by atoms with E-state index < -0.39 is 11.5 Å². The van der Waals surface area contributed by atoms with Crippen LogP contribution in [0.5, 0.6) is 5.75 Å². The second-order valence-corrected chi connectivity index (χ2v) is 3.82. The van der Waals surface area contributed by atoms with Crippen LogP contribution in [0.3, 0.4) is 0 Å². The molecule has 0 saturated heterocycles. The molecule has 98 valence electrons. The second kappa shape index (κ2) is 5.36. The fourth-order valence-corrected chi connectivity index (χ4v) is 1.67. The van der Waals surface area contributed by atoms with E-state index in [0.29, 0.717) is 5.69 Å². The van der Waals surface area contributed by atoms with E-state index in [2.05, 4.69) is 4.98 Å². The quantitative estimate of drug-likeness (QED) is 0.428. The first-order valence-corrected chi connectivity index (χ1v) is 5.54. The lowest BCUT2D eigenvalue weighted by molar-refractivity contribution is 0.0952. The van der Waals surface area contributed by atoms with Crippen molar-refractivity contribution in [1.82, 2.24) is 10.4 Å². The summed E-state index contributed by atoms with van der Waals surface area (Å²) in [6, 6.07) is 10.3. The molecule has 0 bridgehead atoms. The van der Waals surface area contributed by atoms with Crippen LogP contribution in [0, 0.1) is 0 Å². The second-order valence-electron chi connectivity index (χ2n) is 3.82. The molecule has 1 aromatic heterocycles. The number of aromatic nitrogens is 1. The van der Waals surface area contributed by atoms with Crippen molar-refractivity contribution in [2.75, 3.05) is 7.11 Å². The largest absolute Gasteiger partial charge is 0.497 e. The molecule has 0 unspecified atom stereocenters. The maximum Gasteiger partial charge on any atom is 0.270 e. The lowest BCUT2D eigenvalue weighted by Gasteiger charge is -2.05. The van der Waals surface area contributed by atoms with Crippen LogP contribution >= 0.6 is 0 Å². The van der Waals surface area contributed by atoms with Gasteiger partial charge in [0.15, 0.2) is 0 Å². The van der Waals surface area contributed by atoms with E-state index >= 15 is 0 Å². The number of benzene rings is 1. The Morgan fingerprint density at radius 2 is 1.89 bits per heavy atom. The molecule has 6 heteroatoms. The van der Waals surface area contributed by atoms with Crippen LogP contribution in [0.2, 0.25) is 0 Å². The van der Waals surface area contributed by atoms with Gasteiger partial charge in [-0.05, 0) is 42.0 Å².